The quantitative estimate of drug-likeness (QED) is 0.417. The van der Waals surface area contributed by atoms with Gasteiger partial charge >= 0.3 is 0 Å². The summed E-state index contributed by atoms with van der Waals surface area (Å²) in [6.45, 7) is 0. The summed E-state index contributed by atoms with van der Waals surface area (Å²) in [5.41, 5.74) is 0. The molecule has 0 saturated heterocycles. The Bertz CT molecular complexity index is 225. The van der Waals surface area contributed by atoms with Gasteiger partial charge in [-0.1, -0.05) is 30.2 Å². The van der Waals surface area contributed by atoms with E-state index in [1.165, 1.54) is 0 Å². The van der Waals surface area contributed by atoms with Gasteiger partial charge in [-0.15, -0.1) is 6.42 Å². The third-order valence-corrected chi connectivity index (χ3v) is 1.06. The van der Waals surface area contributed by atoms with E-state index in [4.69, 9.17) is 6.42 Å². The molecule has 0 heterocycles. The molecule has 0 atom stereocenters. The Morgan fingerprint density at radius 2 is 1.89 bits per heavy atom. The fraction of sp³-hybridized carbons (Fsp3) is 0.111. The van der Waals surface area contributed by atoms with Gasteiger partial charge in [-0.25, -0.2) is 0 Å². The van der Waals surface area contributed by atoms with E-state index < -0.39 is 0 Å². The average Bonchev–Trinajstić information content (AvgIpc) is 2.34. The summed E-state index contributed by atoms with van der Waals surface area (Å²) >= 11 is 0. The molecule has 0 aromatic carbocycles. The molecule has 0 radical (unpaired) electrons. The first-order valence-electron chi connectivity index (χ1n) is 2.74. The topological polar surface area (TPSA) is 0 Å². The van der Waals surface area contributed by atoms with Gasteiger partial charge in [0.15, 0.2) is 0 Å². The molecular weight excluding hydrogens is 108 g/mol. The monoisotopic (exact) mass is 114 g/mol. The van der Waals surface area contributed by atoms with Crippen LogP contribution in [0.5, 0.6) is 0 Å². The molecule has 1 aliphatic carbocycles. The van der Waals surface area contributed by atoms with Crippen LogP contribution in [0.4, 0.5) is 0 Å². The summed E-state index contributed by atoms with van der Waals surface area (Å²) in [5.74, 6) is 7.95. The van der Waals surface area contributed by atoms with Crippen molar-refractivity contribution in [2.45, 2.75) is 0 Å². The summed E-state index contributed by atoms with van der Waals surface area (Å²) in [7, 11) is 0. The summed E-state index contributed by atoms with van der Waals surface area (Å²) in [4.78, 5) is 0. The molecule has 0 heteroatoms. The number of allylic oxidation sites excluding steroid dienone is 4. The fourth-order valence-electron chi connectivity index (χ4n) is 0.653. The van der Waals surface area contributed by atoms with Gasteiger partial charge in [0.05, 0.1) is 5.92 Å². The van der Waals surface area contributed by atoms with Gasteiger partial charge in [0.2, 0.25) is 0 Å². The molecule has 0 N–H and O–H groups in total. The van der Waals surface area contributed by atoms with E-state index in [1.807, 2.05) is 24.3 Å². The molecule has 0 aromatic heterocycles. The molecule has 0 bridgehead atoms. The Hall–Kier alpha value is -1.40. The molecule has 0 nitrogen and oxygen atoms in total. The minimum Gasteiger partial charge on any atom is -0.106 e. The maximum absolute atomic E-state index is 4.93. The van der Waals surface area contributed by atoms with Gasteiger partial charge in [-0.3, -0.25) is 0 Å². The van der Waals surface area contributed by atoms with Crippen LogP contribution in [0.2, 0.25) is 0 Å². The van der Waals surface area contributed by atoms with Crippen LogP contribution in [-0.2, 0) is 0 Å². The van der Waals surface area contributed by atoms with Gasteiger partial charge in [0, 0.05) is 0 Å². The van der Waals surface area contributed by atoms with E-state index in [-0.39, 0.29) is 5.92 Å². The summed E-state index contributed by atoms with van der Waals surface area (Å²) in [6.07, 6.45) is 12.9. The Morgan fingerprint density at radius 1 is 1.22 bits per heavy atom. The second kappa shape index (κ2) is 2.80. The molecular formula is C9H6. The minimum absolute atomic E-state index is 0.251. The van der Waals surface area contributed by atoms with Crippen LogP contribution < -0.4 is 0 Å². The highest BCUT2D eigenvalue weighted by Crippen LogP contribution is 2.05. The van der Waals surface area contributed by atoms with Crippen molar-refractivity contribution in [1.82, 2.24) is 0 Å². The van der Waals surface area contributed by atoms with Crippen molar-refractivity contribution < 1.29 is 0 Å². The predicted molar refractivity (Wildman–Crippen MR) is 38.4 cm³/mol. The third kappa shape index (κ3) is 1.52. The first kappa shape index (κ1) is 5.73. The lowest BCUT2D eigenvalue weighted by Gasteiger charge is -1.85. The number of hydrogen-bond acceptors (Lipinski definition) is 0. The van der Waals surface area contributed by atoms with Crippen molar-refractivity contribution >= 4 is 0 Å². The van der Waals surface area contributed by atoms with Gasteiger partial charge < -0.3 is 0 Å². The maximum Gasteiger partial charge on any atom is 0.0579 e. The van der Waals surface area contributed by atoms with E-state index in [0.717, 1.165) is 0 Å². The zero-order valence-electron chi connectivity index (χ0n) is 4.96. The van der Waals surface area contributed by atoms with Gasteiger partial charge in [0.25, 0.3) is 0 Å². The highest BCUT2D eigenvalue weighted by Gasteiger charge is 1.95. The van der Waals surface area contributed by atoms with Crippen LogP contribution in [0.3, 0.4) is 0 Å². The standard InChI is InChI=1S/C9H6/c1-2-3-6-9-7-4-5-8-9/h1,4-5,7-9H. The Morgan fingerprint density at radius 3 is 2.44 bits per heavy atom. The largest absolute Gasteiger partial charge is 0.106 e. The Kier molecular flexibility index (Phi) is 1.78. The van der Waals surface area contributed by atoms with Gasteiger partial charge in [0.1, 0.15) is 0 Å². The van der Waals surface area contributed by atoms with Crippen LogP contribution >= 0.6 is 0 Å². The van der Waals surface area contributed by atoms with Crippen molar-refractivity contribution in [3.05, 3.63) is 24.3 Å². The zero-order valence-corrected chi connectivity index (χ0v) is 4.96. The second-order valence-corrected chi connectivity index (χ2v) is 1.71. The number of terminal acetylenes is 1. The summed E-state index contributed by atoms with van der Waals surface area (Å²) < 4.78 is 0. The highest BCUT2D eigenvalue weighted by atomic mass is 14.0. The van der Waals surface area contributed by atoms with Crippen molar-refractivity contribution in [3.63, 3.8) is 0 Å². The van der Waals surface area contributed by atoms with Crippen molar-refractivity contribution in [2.24, 2.45) is 5.92 Å². The van der Waals surface area contributed by atoms with Crippen molar-refractivity contribution in [3.8, 4) is 24.2 Å². The molecule has 1 rings (SSSR count). The van der Waals surface area contributed by atoms with Crippen LogP contribution in [0.1, 0.15) is 0 Å². The van der Waals surface area contributed by atoms with Crippen LogP contribution in [0, 0.1) is 30.1 Å². The van der Waals surface area contributed by atoms with Gasteiger partial charge in [-0.05, 0) is 11.8 Å². The molecule has 0 unspecified atom stereocenters. The highest BCUT2D eigenvalue weighted by molar-refractivity contribution is 5.32. The maximum atomic E-state index is 4.93. The van der Waals surface area contributed by atoms with Crippen LogP contribution in [0.25, 0.3) is 0 Å². The number of hydrogen-bond donors (Lipinski definition) is 0. The molecule has 0 aliphatic heterocycles. The van der Waals surface area contributed by atoms with E-state index in [0.29, 0.717) is 0 Å². The lowest BCUT2D eigenvalue weighted by atomic mass is 10.2. The molecule has 0 amide bonds. The van der Waals surface area contributed by atoms with Crippen molar-refractivity contribution in [2.75, 3.05) is 0 Å². The SMILES string of the molecule is C#CC#CC1C=CC=C1. The number of rotatable bonds is 0. The summed E-state index contributed by atoms with van der Waals surface area (Å²) in [6, 6.07) is 0. The summed E-state index contributed by atoms with van der Waals surface area (Å²) in [5, 5.41) is 0. The van der Waals surface area contributed by atoms with E-state index in [2.05, 4.69) is 17.8 Å². The van der Waals surface area contributed by atoms with Gasteiger partial charge in [-0.2, -0.15) is 0 Å². The molecule has 9 heavy (non-hydrogen) atoms. The molecule has 42 valence electrons. The van der Waals surface area contributed by atoms with E-state index in [9.17, 15) is 0 Å². The molecule has 0 saturated carbocycles. The average molecular weight is 114 g/mol. The second-order valence-electron chi connectivity index (χ2n) is 1.71. The Balaban J connectivity index is 2.58. The van der Waals surface area contributed by atoms with Crippen molar-refractivity contribution in [1.29, 1.82) is 0 Å². The molecule has 0 fully saturated rings. The minimum atomic E-state index is 0.251. The lowest BCUT2D eigenvalue weighted by molar-refractivity contribution is 1.15. The van der Waals surface area contributed by atoms with Crippen LogP contribution in [-0.4, -0.2) is 0 Å². The Labute approximate surface area is 55.3 Å². The van der Waals surface area contributed by atoms with E-state index >= 15 is 0 Å². The lowest BCUT2D eigenvalue weighted by Crippen LogP contribution is -1.79. The van der Waals surface area contributed by atoms with E-state index in [1.54, 1.807) is 0 Å². The molecule has 1 aliphatic rings. The molecule has 0 aromatic rings. The normalized spacial score (nSPS) is 14.6. The first-order chi connectivity index (χ1) is 4.43. The third-order valence-electron chi connectivity index (χ3n) is 1.06. The smallest absolute Gasteiger partial charge is 0.0579 e. The first-order valence-corrected chi connectivity index (χ1v) is 2.74. The predicted octanol–water partition coefficient (Wildman–Crippen LogP) is 1.37. The van der Waals surface area contributed by atoms with Crippen LogP contribution in [0.15, 0.2) is 24.3 Å². The fourth-order valence-corrected chi connectivity index (χ4v) is 0.653. The zero-order chi connectivity index (χ0) is 6.53. The molecule has 0 spiro atoms.